The second-order valence-corrected chi connectivity index (χ2v) is 6.16. The first-order chi connectivity index (χ1) is 8.17. The van der Waals surface area contributed by atoms with E-state index < -0.39 is 0 Å². The highest BCUT2D eigenvalue weighted by molar-refractivity contribution is 8.14. The molecule has 98 valence electrons. The van der Waals surface area contributed by atoms with E-state index in [1.807, 2.05) is 11.8 Å². The molecule has 0 aliphatic carbocycles. The van der Waals surface area contributed by atoms with E-state index in [2.05, 4.69) is 26.1 Å². The van der Waals surface area contributed by atoms with Gasteiger partial charge >= 0.3 is 0 Å². The Morgan fingerprint density at radius 2 is 2.24 bits per heavy atom. The van der Waals surface area contributed by atoms with Crippen LogP contribution in [0.25, 0.3) is 0 Å². The number of rotatable bonds is 3. The maximum absolute atomic E-state index is 5.56. The zero-order chi connectivity index (χ0) is 12.3. The summed E-state index contributed by atoms with van der Waals surface area (Å²) in [7, 11) is 0. The molecule has 0 aromatic carbocycles. The Labute approximate surface area is 109 Å². The molecular weight excluding hydrogens is 232 g/mol. The number of ether oxygens (including phenoxy) is 1. The smallest absolute Gasteiger partial charge is 0.157 e. The number of hydrogen-bond acceptors (Lipinski definition) is 3. The summed E-state index contributed by atoms with van der Waals surface area (Å²) in [5.74, 6) is 1.16. The molecule has 0 spiro atoms. The van der Waals surface area contributed by atoms with E-state index in [4.69, 9.17) is 9.73 Å². The van der Waals surface area contributed by atoms with Crippen LogP contribution in [0.4, 0.5) is 0 Å². The van der Waals surface area contributed by atoms with Gasteiger partial charge in [0.25, 0.3) is 0 Å². The molecule has 2 atom stereocenters. The third-order valence-electron chi connectivity index (χ3n) is 3.97. The van der Waals surface area contributed by atoms with Crippen molar-refractivity contribution >= 4 is 16.9 Å². The molecule has 2 saturated heterocycles. The molecule has 2 aliphatic heterocycles. The van der Waals surface area contributed by atoms with E-state index in [0.717, 1.165) is 30.4 Å². The van der Waals surface area contributed by atoms with E-state index in [9.17, 15) is 0 Å². The van der Waals surface area contributed by atoms with Gasteiger partial charge in [-0.15, -0.1) is 0 Å². The van der Waals surface area contributed by atoms with Crippen LogP contribution in [0.5, 0.6) is 0 Å². The molecule has 2 aliphatic rings. The number of nitrogens with one attached hydrogen (secondary N) is 1. The lowest BCUT2D eigenvalue weighted by Gasteiger charge is -2.27. The standard InChI is InChI=1S/C13H24N2OS/c1-4-13(5-2)9-17-12(15-13)14-11-6-7-16-10(3)8-11/h10-11H,4-9H2,1-3H3,(H,14,15). The monoisotopic (exact) mass is 256 g/mol. The van der Waals surface area contributed by atoms with Gasteiger partial charge in [-0.25, -0.2) is 0 Å². The van der Waals surface area contributed by atoms with Crippen molar-refractivity contribution in [2.24, 2.45) is 4.99 Å². The van der Waals surface area contributed by atoms with Gasteiger partial charge in [0.1, 0.15) is 0 Å². The van der Waals surface area contributed by atoms with Crippen molar-refractivity contribution in [3.63, 3.8) is 0 Å². The zero-order valence-corrected chi connectivity index (χ0v) is 12.0. The fourth-order valence-electron chi connectivity index (χ4n) is 2.46. The summed E-state index contributed by atoms with van der Waals surface area (Å²) in [6.07, 6.45) is 4.86. The Balaban J connectivity index is 1.95. The lowest BCUT2D eigenvalue weighted by molar-refractivity contribution is 0.0204. The van der Waals surface area contributed by atoms with Crippen molar-refractivity contribution in [3.8, 4) is 0 Å². The molecule has 2 rings (SSSR count). The van der Waals surface area contributed by atoms with Crippen LogP contribution in [0, 0.1) is 0 Å². The van der Waals surface area contributed by atoms with Crippen LogP contribution in [0.3, 0.4) is 0 Å². The first kappa shape index (κ1) is 13.2. The van der Waals surface area contributed by atoms with E-state index in [0.29, 0.717) is 17.7 Å². The highest BCUT2D eigenvalue weighted by atomic mass is 32.2. The van der Waals surface area contributed by atoms with Gasteiger partial charge in [0.2, 0.25) is 0 Å². The SMILES string of the molecule is CCC1(CC)CSC(=NC2CCOC(C)C2)N1. The lowest BCUT2D eigenvalue weighted by atomic mass is 9.96. The first-order valence-electron chi connectivity index (χ1n) is 6.78. The summed E-state index contributed by atoms with van der Waals surface area (Å²) in [6.45, 7) is 7.52. The molecule has 3 nitrogen and oxygen atoms in total. The predicted octanol–water partition coefficient (Wildman–Crippen LogP) is 2.81. The van der Waals surface area contributed by atoms with Crippen molar-refractivity contribution in [3.05, 3.63) is 0 Å². The quantitative estimate of drug-likeness (QED) is 0.843. The van der Waals surface area contributed by atoms with Crippen LogP contribution < -0.4 is 5.32 Å². The Hall–Kier alpha value is -0.220. The second kappa shape index (κ2) is 5.61. The van der Waals surface area contributed by atoms with Gasteiger partial charge in [-0.1, -0.05) is 25.6 Å². The molecule has 2 fully saturated rings. The number of amidine groups is 1. The normalized spacial score (nSPS) is 34.9. The average Bonchev–Trinajstić information content (AvgIpc) is 2.73. The summed E-state index contributed by atoms with van der Waals surface area (Å²) in [4.78, 5) is 4.87. The number of nitrogens with zero attached hydrogens (tertiary/aromatic N) is 1. The molecule has 0 saturated carbocycles. The van der Waals surface area contributed by atoms with Gasteiger partial charge < -0.3 is 10.1 Å². The predicted molar refractivity (Wildman–Crippen MR) is 74.8 cm³/mol. The van der Waals surface area contributed by atoms with Gasteiger partial charge in [-0.2, -0.15) is 0 Å². The summed E-state index contributed by atoms with van der Waals surface area (Å²) in [5.41, 5.74) is 0.292. The molecular formula is C13H24N2OS. The zero-order valence-electron chi connectivity index (χ0n) is 11.2. The Morgan fingerprint density at radius 3 is 2.82 bits per heavy atom. The second-order valence-electron chi connectivity index (χ2n) is 5.19. The molecule has 17 heavy (non-hydrogen) atoms. The van der Waals surface area contributed by atoms with Crippen molar-refractivity contribution in [2.45, 2.75) is 64.1 Å². The van der Waals surface area contributed by atoms with Gasteiger partial charge in [0.05, 0.1) is 12.1 Å². The summed E-state index contributed by atoms with van der Waals surface area (Å²) in [5, 5.41) is 4.80. The van der Waals surface area contributed by atoms with Crippen molar-refractivity contribution in [1.82, 2.24) is 5.32 Å². The van der Waals surface area contributed by atoms with E-state index >= 15 is 0 Å². The molecule has 2 unspecified atom stereocenters. The Morgan fingerprint density at radius 1 is 1.47 bits per heavy atom. The van der Waals surface area contributed by atoms with Gasteiger partial charge in [0, 0.05) is 17.9 Å². The summed E-state index contributed by atoms with van der Waals surface area (Å²) < 4.78 is 5.56. The van der Waals surface area contributed by atoms with Gasteiger partial charge in [-0.05, 0) is 32.6 Å². The van der Waals surface area contributed by atoms with Crippen LogP contribution in [-0.4, -0.2) is 35.2 Å². The third-order valence-corrected chi connectivity index (χ3v) is 5.15. The molecule has 0 bridgehead atoms. The largest absolute Gasteiger partial charge is 0.378 e. The molecule has 0 amide bonds. The Kier molecular flexibility index (Phi) is 4.36. The van der Waals surface area contributed by atoms with Gasteiger partial charge in [-0.3, -0.25) is 4.99 Å². The summed E-state index contributed by atoms with van der Waals surface area (Å²) in [6, 6.07) is 0.457. The minimum Gasteiger partial charge on any atom is -0.378 e. The average molecular weight is 256 g/mol. The van der Waals surface area contributed by atoms with Crippen LogP contribution in [0.15, 0.2) is 4.99 Å². The number of aliphatic imine (C=N–C) groups is 1. The molecule has 4 heteroatoms. The van der Waals surface area contributed by atoms with E-state index in [1.165, 1.54) is 12.8 Å². The maximum Gasteiger partial charge on any atom is 0.157 e. The first-order valence-corrected chi connectivity index (χ1v) is 7.76. The number of hydrogen-bond donors (Lipinski definition) is 1. The Bertz CT molecular complexity index is 289. The van der Waals surface area contributed by atoms with E-state index in [1.54, 1.807) is 0 Å². The minimum absolute atomic E-state index is 0.292. The lowest BCUT2D eigenvalue weighted by Crippen LogP contribution is -2.42. The molecule has 0 aromatic rings. The molecule has 0 aromatic heterocycles. The minimum atomic E-state index is 0.292. The maximum atomic E-state index is 5.56. The third kappa shape index (κ3) is 3.16. The van der Waals surface area contributed by atoms with E-state index in [-0.39, 0.29) is 0 Å². The highest BCUT2D eigenvalue weighted by Crippen LogP contribution is 2.30. The fraction of sp³-hybridized carbons (Fsp3) is 0.923. The van der Waals surface area contributed by atoms with Crippen LogP contribution in [0.2, 0.25) is 0 Å². The molecule has 2 heterocycles. The summed E-state index contributed by atoms with van der Waals surface area (Å²) >= 11 is 1.89. The topological polar surface area (TPSA) is 33.6 Å². The molecule has 0 radical (unpaired) electrons. The molecule has 1 N–H and O–H groups in total. The number of thioether (sulfide) groups is 1. The van der Waals surface area contributed by atoms with Crippen LogP contribution in [0.1, 0.15) is 46.5 Å². The van der Waals surface area contributed by atoms with Crippen LogP contribution >= 0.6 is 11.8 Å². The van der Waals surface area contributed by atoms with Crippen LogP contribution in [-0.2, 0) is 4.74 Å². The van der Waals surface area contributed by atoms with Crippen molar-refractivity contribution in [2.75, 3.05) is 12.4 Å². The van der Waals surface area contributed by atoms with Crippen molar-refractivity contribution < 1.29 is 4.74 Å². The highest BCUT2D eigenvalue weighted by Gasteiger charge is 2.34. The van der Waals surface area contributed by atoms with Crippen molar-refractivity contribution in [1.29, 1.82) is 0 Å². The van der Waals surface area contributed by atoms with Gasteiger partial charge in [0.15, 0.2) is 5.17 Å². The fourth-order valence-corrected chi connectivity index (χ4v) is 3.87.